The lowest BCUT2D eigenvalue weighted by atomic mass is 10.1. The molecule has 1 aliphatic heterocycles. The Bertz CT molecular complexity index is 756. The summed E-state index contributed by atoms with van der Waals surface area (Å²) in [4.78, 5) is 26.3. The predicted octanol–water partition coefficient (Wildman–Crippen LogP) is 2.73. The average Bonchev–Trinajstić information content (AvgIpc) is 2.96. The summed E-state index contributed by atoms with van der Waals surface area (Å²) >= 11 is 0. The van der Waals surface area contributed by atoms with Crippen LogP contribution in [0.4, 0.5) is 16.3 Å². The summed E-state index contributed by atoms with van der Waals surface area (Å²) in [6.45, 7) is 2.53. The number of carbonyl (C=O) groups excluding carboxylic acids is 2. The number of urea groups is 1. The molecule has 1 aliphatic rings. The molecule has 0 saturated carbocycles. The van der Waals surface area contributed by atoms with Gasteiger partial charge in [0.25, 0.3) is 0 Å². The van der Waals surface area contributed by atoms with Crippen LogP contribution in [0.5, 0.6) is 0 Å². The van der Waals surface area contributed by atoms with Crippen molar-refractivity contribution in [1.82, 2.24) is 10.5 Å². The third-order valence-electron chi connectivity index (χ3n) is 4.21. The van der Waals surface area contributed by atoms with Crippen molar-refractivity contribution in [3.8, 4) is 0 Å². The summed E-state index contributed by atoms with van der Waals surface area (Å²) in [6, 6.07) is 9.11. The molecule has 0 spiro atoms. The third-order valence-corrected chi connectivity index (χ3v) is 4.21. The smallest absolute Gasteiger partial charge is 0.320 e. The normalized spacial score (nSPS) is 13.7. The molecule has 3 amide bonds. The second kappa shape index (κ2) is 7.83. The van der Waals surface area contributed by atoms with Gasteiger partial charge in [-0.1, -0.05) is 30.3 Å². The Morgan fingerprint density at radius 3 is 2.92 bits per heavy atom. The first-order valence-corrected chi connectivity index (χ1v) is 8.56. The molecule has 1 aromatic heterocycles. The standard InChI is InChI=1S/C18H22N4O3/c1-2-14-11-16(21-25-14)20-18(24)19-12-17(23)22-10-6-5-8-13-7-3-4-9-15(13)22/h3-4,7,9,11H,2,5-6,8,10,12H2,1H3,(H2,19,20,21,24). The van der Waals surface area contributed by atoms with Crippen molar-refractivity contribution in [3.05, 3.63) is 41.7 Å². The van der Waals surface area contributed by atoms with Crippen molar-refractivity contribution in [3.63, 3.8) is 0 Å². The van der Waals surface area contributed by atoms with Gasteiger partial charge in [0.2, 0.25) is 5.91 Å². The number of amides is 3. The minimum Gasteiger partial charge on any atom is -0.359 e. The van der Waals surface area contributed by atoms with Crippen molar-refractivity contribution in [2.45, 2.75) is 32.6 Å². The lowest BCUT2D eigenvalue weighted by Crippen LogP contribution is -2.42. The molecule has 1 aromatic carbocycles. The molecule has 2 N–H and O–H groups in total. The molecule has 0 atom stereocenters. The molecule has 0 fully saturated rings. The molecular formula is C18H22N4O3. The van der Waals surface area contributed by atoms with Crippen LogP contribution >= 0.6 is 0 Å². The van der Waals surface area contributed by atoms with Gasteiger partial charge in [0.05, 0.1) is 6.54 Å². The molecule has 0 saturated heterocycles. The summed E-state index contributed by atoms with van der Waals surface area (Å²) in [5, 5.41) is 8.89. The van der Waals surface area contributed by atoms with E-state index in [-0.39, 0.29) is 12.5 Å². The second-order valence-electron chi connectivity index (χ2n) is 5.97. The van der Waals surface area contributed by atoms with Crippen LogP contribution in [0.15, 0.2) is 34.9 Å². The molecule has 0 unspecified atom stereocenters. The van der Waals surface area contributed by atoms with Crippen LogP contribution in [-0.2, 0) is 17.6 Å². The molecule has 7 nitrogen and oxygen atoms in total. The molecular weight excluding hydrogens is 320 g/mol. The highest BCUT2D eigenvalue weighted by Gasteiger charge is 2.21. The van der Waals surface area contributed by atoms with Crippen LogP contribution in [0.2, 0.25) is 0 Å². The molecule has 2 heterocycles. The SMILES string of the molecule is CCc1cc(NC(=O)NCC(=O)N2CCCCc3ccccc32)no1. The van der Waals surface area contributed by atoms with Gasteiger partial charge in [-0.25, -0.2) is 4.79 Å². The lowest BCUT2D eigenvalue weighted by Gasteiger charge is -2.23. The number of aryl methyl sites for hydroxylation is 2. The minimum absolute atomic E-state index is 0.0708. The van der Waals surface area contributed by atoms with Crippen LogP contribution in [0.25, 0.3) is 0 Å². The van der Waals surface area contributed by atoms with Crippen LogP contribution in [0.3, 0.4) is 0 Å². The zero-order valence-electron chi connectivity index (χ0n) is 14.2. The number of fused-ring (bicyclic) bond motifs is 1. The van der Waals surface area contributed by atoms with Crippen molar-refractivity contribution in [1.29, 1.82) is 0 Å². The first-order valence-electron chi connectivity index (χ1n) is 8.56. The molecule has 0 bridgehead atoms. The topological polar surface area (TPSA) is 87.5 Å². The Balaban J connectivity index is 1.57. The monoisotopic (exact) mass is 342 g/mol. The molecule has 132 valence electrons. The van der Waals surface area contributed by atoms with E-state index in [1.165, 1.54) is 5.56 Å². The van der Waals surface area contributed by atoms with Gasteiger partial charge < -0.3 is 14.7 Å². The maximum absolute atomic E-state index is 12.6. The Hall–Kier alpha value is -2.83. The van der Waals surface area contributed by atoms with Crippen molar-refractivity contribution in [2.75, 3.05) is 23.3 Å². The average molecular weight is 342 g/mol. The molecule has 25 heavy (non-hydrogen) atoms. The lowest BCUT2D eigenvalue weighted by molar-refractivity contribution is -0.117. The van der Waals surface area contributed by atoms with Crippen LogP contribution in [-0.4, -0.2) is 30.2 Å². The second-order valence-corrected chi connectivity index (χ2v) is 5.97. The summed E-state index contributed by atoms with van der Waals surface area (Å²) in [7, 11) is 0. The summed E-state index contributed by atoms with van der Waals surface area (Å²) < 4.78 is 5.02. The fraction of sp³-hybridized carbons (Fsp3) is 0.389. The number of aromatic nitrogens is 1. The Kier molecular flexibility index (Phi) is 5.33. The van der Waals surface area contributed by atoms with E-state index in [9.17, 15) is 9.59 Å². The van der Waals surface area contributed by atoms with Gasteiger partial charge in [-0.05, 0) is 30.9 Å². The fourth-order valence-electron chi connectivity index (χ4n) is 2.90. The number of benzene rings is 1. The highest BCUT2D eigenvalue weighted by Crippen LogP contribution is 2.25. The number of anilines is 2. The number of hydrogen-bond donors (Lipinski definition) is 2. The van der Waals surface area contributed by atoms with Gasteiger partial charge in [-0.15, -0.1) is 0 Å². The summed E-state index contributed by atoms with van der Waals surface area (Å²) in [6.07, 6.45) is 3.68. The van der Waals surface area contributed by atoms with Gasteiger partial charge in [-0.3, -0.25) is 10.1 Å². The highest BCUT2D eigenvalue weighted by molar-refractivity contribution is 5.98. The first-order chi connectivity index (χ1) is 12.2. The van der Waals surface area contributed by atoms with E-state index in [2.05, 4.69) is 21.9 Å². The van der Waals surface area contributed by atoms with Crippen molar-refractivity contribution < 1.29 is 14.1 Å². The molecule has 7 heteroatoms. The summed E-state index contributed by atoms with van der Waals surface area (Å²) in [5.74, 6) is 0.897. The minimum atomic E-state index is -0.479. The molecule has 2 aromatic rings. The van der Waals surface area contributed by atoms with E-state index in [1.807, 2.05) is 25.1 Å². The largest absolute Gasteiger partial charge is 0.359 e. The Morgan fingerprint density at radius 2 is 2.12 bits per heavy atom. The van der Waals surface area contributed by atoms with Gasteiger partial charge in [0, 0.05) is 24.7 Å². The zero-order chi connectivity index (χ0) is 17.6. The maximum atomic E-state index is 12.6. The van der Waals surface area contributed by atoms with E-state index in [0.717, 1.165) is 24.9 Å². The van der Waals surface area contributed by atoms with E-state index in [0.29, 0.717) is 24.5 Å². The van der Waals surface area contributed by atoms with Crippen molar-refractivity contribution in [2.24, 2.45) is 0 Å². The maximum Gasteiger partial charge on any atom is 0.320 e. The van der Waals surface area contributed by atoms with E-state index in [4.69, 9.17) is 4.52 Å². The highest BCUT2D eigenvalue weighted by atomic mass is 16.5. The van der Waals surface area contributed by atoms with E-state index in [1.54, 1.807) is 11.0 Å². The first kappa shape index (κ1) is 17.0. The number of nitrogens with zero attached hydrogens (tertiary/aromatic N) is 2. The third kappa shape index (κ3) is 4.17. The molecule has 3 rings (SSSR count). The molecule has 0 radical (unpaired) electrons. The summed E-state index contributed by atoms with van der Waals surface area (Å²) in [5.41, 5.74) is 2.11. The van der Waals surface area contributed by atoms with Gasteiger partial charge in [0.1, 0.15) is 5.76 Å². The Labute approximate surface area is 146 Å². The van der Waals surface area contributed by atoms with Crippen LogP contribution < -0.4 is 15.5 Å². The number of rotatable bonds is 4. The number of para-hydroxylation sites is 1. The fourth-order valence-corrected chi connectivity index (χ4v) is 2.90. The van der Waals surface area contributed by atoms with Crippen molar-refractivity contribution >= 4 is 23.4 Å². The quantitative estimate of drug-likeness (QED) is 0.894. The van der Waals surface area contributed by atoms with E-state index >= 15 is 0 Å². The van der Waals surface area contributed by atoms with E-state index < -0.39 is 6.03 Å². The van der Waals surface area contributed by atoms with Gasteiger partial charge >= 0.3 is 6.03 Å². The molecule has 0 aliphatic carbocycles. The number of carbonyl (C=O) groups is 2. The predicted molar refractivity (Wildman–Crippen MR) is 94.6 cm³/mol. The van der Waals surface area contributed by atoms with Gasteiger partial charge in [-0.2, -0.15) is 0 Å². The number of nitrogens with one attached hydrogen (secondary N) is 2. The van der Waals surface area contributed by atoms with Crippen LogP contribution in [0, 0.1) is 0 Å². The number of hydrogen-bond acceptors (Lipinski definition) is 4. The van der Waals surface area contributed by atoms with Gasteiger partial charge in [0.15, 0.2) is 5.82 Å². The zero-order valence-corrected chi connectivity index (χ0v) is 14.2. The van der Waals surface area contributed by atoms with Crippen LogP contribution in [0.1, 0.15) is 31.1 Å². The Morgan fingerprint density at radius 1 is 1.28 bits per heavy atom.